The molecule has 4 heteroatoms. The van der Waals surface area contributed by atoms with Crippen molar-refractivity contribution in [3.05, 3.63) is 156 Å². The molecule has 0 aliphatic heterocycles. The van der Waals surface area contributed by atoms with E-state index in [9.17, 15) is 9.59 Å². The maximum Gasteiger partial charge on any atom is 0.150 e. The number of aldehydes is 2. The number of hydrogen-bond acceptors (Lipinski definition) is 4. The minimum absolute atomic E-state index is 0.149. The molecule has 0 saturated heterocycles. The molecular formula is C42H40N2O2. The van der Waals surface area contributed by atoms with Crippen LogP contribution in [0.3, 0.4) is 0 Å². The molecule has 4 atom stereocenters. The molecule has 4 unspecified atom stereocenters. The second kappa shape index (κ2) is 13.4. The van der Waals surface area contributed by atoms with Crippen molar-refractivity contribution >= 4 is 35.3 Å². The standard InChI is InChI=1S/C42H40N2O2/c1-29-9-5-7-11-39(29)43(37-19-13-33(27-45)14-20-37)41-23-17-35(25-31(41)3)36-18-24-42(32(4)26-36)44(40-12-8-6-10-30(40)2)38-21-15-34(28-46)16-22-38/h5-30,39-40H,1-4H3. The van der Waals surface area contributed by atoms with Gasteiger partial charge in [0.2, 0.25) is 0 Å². The minimum atomic E-state index is 0.149. The van der Waals surface area contributed by atoms with E-state index in [1.165, 1.54) is 11.1 Å². The number of carbonyl (C=O) groups excluding carboxylic acids is 2. The molecule has 0 amide bonds. The van der Waals surface area contributed by atoms with Crippen molar-refractivity contribution in [1.29, 1.82) is 0 Å². The molecule has 0 bridgehead atoms. The van der Waals surface area contributed by atoms with Crippen molar-refractivity contribution in [3.63, 3.8) is 0 Å². The van der Waals surface area contributed by atoms with Crippen LogP contribution < -0.4 is 9.80 Å². The lowest BCUT2D eigenvalue weighted by Gasteiger charge is -2.37. The number of anilines is 4. The number of carbonyl (C=O) groups is 2. The van der Waals surface area contributed by atoms with Gasteiger partial charge in [-0.25, -0.2) is 0 Å². The van der Waals surface area contributed by atoms with E-state index >= 15 is 0 Å². The molecular weight excluding hydrogens is 564 g/mol. The largest absolute Gasteiger partial charge is 0.334 e. The van der Waals surface area contributed by atoms with E-state index in [0.29, 0.717) is 23.0 Å². The van der Waals surface area contributed by atoms with Gasteiger partial charge in [-0.1, -0.05) is 74.6 Å². The van der Waals surface area contributed by atoms with Crippen LogP contribution in [0.25, 0.3) is 11.1 Å². The van der Waals surface area contributed by atoms with Gasteiger partial charge in [-0.05, 0) is 121 Å². The molecule has 4 aromatic rings. The molecule has 0 radical (unpaired) electrons. The van der Waals surface area contributed by atoms with Crippen LogP contribution in [0.2, 0.25) is 0 Å². The van der Waals surface area contributed by atoms with E-state index in [-0.39, 0.29) is 12.1 Å². The zero-order valence-electron chi connectivity index (χ0n) is 26.9. The van der Waals surface area contributed by atoms with Crippen molar-refractivity contribution < 1.29 is 9.59 Å². The lowest BCUT2D eigenvalue weighted by atomic mass is 9.92. The van der Waals surface area contributed by atoms with Gasteiger partial charge in [-0.3, -0.25) is 9.59 Å². The first-order chi connectivity index (χ1) is 22.4. The predicted molar refractivity (Wildman–Crippen MR) is 192 cm³/mol. The van der Waals surface area contributed by atoms with Gasteiger partial charge in [-0.2, -0.15) is 0 Å². The molecule has 0 saturated carbocycles. The normalized spacial score (nSPS) is 20.0. The first kappa shape index (κ1) is 30.8. The number of rotatable bonds is 9. The first-order valence-electron chi connectivity index (χ1n) is 16.0. The van der Waals surface area contributed by atoms with Crippen LogP contribution in [-0.4, -0.2) is 24.7 Å². The fraction of sp³-hybridized carbons (Fsp3) is 0.190. The monoisotopic (exact) mass is 604 g/mol. The van der Waals surface area contributed by atoms with Crippen LogP contribution in [0, 0.1) is 25.7 Å². The Morgan fingerprint density at radius 2 is 0.870 bits per heavy atom. The Morgan fingerprint density at radius 1 is 0.500 bits per heavy atom. The van der Waals surface area contributed by atoms with Gasteiger partial charge in [0.1, 0.15) is 12.6 Å². The Labute approximate surface area is 272 Å². The molecule has 2 aliphatic carbocycles. The summed E-state index contributed by atoms with van der Waals surface area (Å²) in [5, 5.41) is 0. The van der Waals surface area contributed by atoms with Crippen LogP contribution in [0.15, 0.2) is 134 Å². The summed E-state index contributed by atoms with van der Waals surface area (Å²) in [5.74, 6) is 0.639. The molecule has 0 fully saturated rings. The third kappa shape index (κ3) is 6.16. The van der Waals surface area contributed by atoms with E-state index in [0.717, 1.165) is 46.4 Å². The summed E-state index contributed by atoms with van der Waals surface area (Å²) in [7, 11) is 0. The van der Waals surface area contributed by atoms with Crippen LogP contribution in [0.4, 0.5) is 22.7 Å². The highest BCUT2D eigenvalue weighted by molar-refractivity contribution is 5.80. The van der Waals surface area contributed by atoms with Crippen LogP contribution in [-0.2, 0) is 0 Å². The third-order valence-corrected chi connectivity index (χ3v) is 9.20. The Balaban J connectivity index is 1.36. The summed E-state index contributed by atoms with van der Waals surface area (Å²) in [6.07, 6.45) is 19.2. The maximum absolute atomic E-state index is 11.4. The summed E-state index contributed by atoms with van der Waals surface area (Å²) in [5.41, 5.74) is 10.4. The fourth-order valence-corrected chi connectivity index (χ4v) is 6.64. The highest BCUT2D eigenvalue weighted by Crippen LogP contribution is 2.39. The second-order valence-electron chi connectivity index (χ2n) is 12.4. The van der Waals surface area contributed by atoms with Crippen molar-refractivity contribution in [1.82, 2.24) is 0 Å². The minimum Gasteiger partial charge on any atom is -0.334 e. The number of aryl methyl sites for hydroxylation is 2. The molecule has 4 nitrogen and oxygen atoms in total. The van der Waals surface area contributed by atoms with Crippen molar-refractivity contribution in [3.8, 4) is 11.1 Å². The fourth-order valence-electron chi connectivity index (χ4n) is 6.64. The lowest BCUT2D eigenvalue weighted by Crippen LogP contribution is -2.35. The van der Waals surface area contributed by atoms with Gasteiger partial charge in [0.15, 0.2) is 0 Å². The van der Waals surface area contributed by atoms with Crippen LogP contribution >= 0.6 is 0 Å². The Hall–Kier alpha value is -5.22. The lowest BCUT2D eigenvalue weighted by molar-refractivity contribution is 0.111. The number of benzene rings is 4. The molecule has 0 aromatic heterocycles. The van der Waals surface area contributed by atoms with Gasteiger partial charge in [0.05, 0.1) is 12.1 Å². The van der Waals surface area contributed by atoms with E-state index in [2.05, 4.69) is 123 Å². The van der Waals surface area contributed by atoms with Gasteiger partial charge >= 0.3 is 0 Å². The van der Waals surface area contributed by atoms with Gasteiger partial charge < -0.3 is 9.80 Å². The number of allylic oxidation sites excluding steroid dienone is 4. The second-order valence-corrected chi connectivity index (χ2v) is 12.4. The molecule has 0 N–H and O–H groups in total. The predicted octanol–water partition coefficient (Wildman–Crippen LogP) is 10.1. The number of hydrogen-bond donors (Lipinski definition) is 0. The highest BCUT2D eigenvalue weighted by Gasteiger charge is 2.27. The molecule has 0 spiro atoms. The Kier molecular flexibility index (Phi) is 8.98. The summed E-state index contributed by atoms with van der Waals surface area (Å²) < 4.78 is 0. The number of nitrogens with zero attached hydrogens (tertiary/aromatic N) is 2. The zero-order chi connectivity index (χ0) is 32.2. The quantitative estimate of drug-likeness (QED) is 0.178. The summed E-state index contributed by atoms with van der Waals surface area (Å²) >= 11 is 0. The SMILES string of the molecule is Cc1cc(-c2ccc(N(c3ccc(C=O)cc3)C3C=CC=CC3C)c(C)c2)ccc1N(c1ccc(C=O)cc1)C1C=CC=CC1C. The van der Waals surface area contributed by atoms with E-state index in [1.807, 2.05) is 48.5 Å². The maximum atomic E-state index is 11.4. The van der Waals surface area contributed by atoms with Crippen molar-refractivity contribution in [2.24, 2.45) is 11.8 Å². The average molecular weight is 605 g/mol. The average Bonchev–Trinajstić information content (AvgIpc) is 3.08. The zero-order valence-corrected chi connectivity index (χ0v) is 26.9. The summed E-state index contributed by atoms with van der Waals surface area (Å²) in [6.45, 7) is 8.83. The van der Waals surface area contributed by atoms with E-state index < -0.39 is 0 Å². The van der Waals surface area contributed by atoms with Gasteiger partial charge in [-0.15, -0.1) is 0 Å². The smallest absolute Gasteiger partial charge is 0.150 e. The molecule has 2 aliphatic rings. The summed E-state index contributed by atoms with van der Waals surface area (Å²) in [4.78, 5) is 27.5. The molecule has 0 heterocycles. The topological polar surface area (TPSA) is 40.6 Å². The van der Waals surface area contributed by atoms with Crippen LogP contribution in [0.5, 0.6) is 0 Å². The van der Waals surface area contributed by atoms with Gasteiger partial charge in [0.25, 0.3) is 0 Å². The molecule has 6 rings (SSSR count). The molecule has 4 aromatic carbocycles. The van der Waals surface area contributed by atoms with Crippen molar-refractivity contribution in [2.75, 3.05) is 9.80 Å². The highest BCUT2D eigenvalue weighted by atomic mass is 16.1. The first-order valence-corrected chi connectivity index (χ1v) is 16.0. The molecule has 230 valence electrons. The van der Waals surface area contributed by atoms with E-state index in [1.54, 1.807) is 0 Å². The van der Waals surface area contributed by atoms with Crippen molar-refractivity contribution in [2.45, 2.75) is 39.8 Å². The van der Waals surface area contributed by atoms with Crippen LogP contribution in [0.1, 0.15) is 45.7 Å². The summed E-state index contributed by atoms with van der Waals surface area (Å²) in [6, 6.07) is 29.4. The Morgan fingerprint density at radius 3 is 1.20 bits per heavy atom. The van der Waals surface area contributed by atoms with Gasteiger partial charge in [0, 0.05) is 33.9 Å². The third-order valence-electron chi connectivity index (χ3n) is 9.20. The Bertz CT molecular complexity index is 1710. The molecule has 46 heavy (non-hydrogen) atoms. The van der Waals surface area contributed by atoms with E-state index in [4.69, 9.17) is 0 Å².